The fourth-order valence-electron chi connectivity index (χ4n) is 12.4. The normalized spacial score (nSPS) is 23.1. The summed E-state index contributed by atoms with van der Waals surface area (Å²) in [5, 5.41) is 16.3. The Morgan fingerprint density at radius 3 is 2.35 bits per heavy atom. The first-order valence-electron chi connectivity index (χ1n) is 25.1. The molecule has 0 bridgehead atoms. The average Bonchev–Trinajstić information content (AvgIpc) is 3.83. The van der Waals surface area contributed by atoms with Crippen molar-refractivity contribution >= 4 is 58.2 Å². The molecule has 3 saturated heterocycles. The standard InChI is InChI=1S/C54H60N10O7/c1-31-24-33(32-6-5-19-60(20-16-32)37-11-12-39-40(26-37)51(69)64(50(39)68)43-13-14-46(66)58-49(43)67)17-21-61(31)36-9-7-35(8-10-36)56-47-53(71)59(4)29-42(57-47)38-15-18-55-48(41(38)30-65)63-23-22-62-44(52(63)70)25-34-27-54(2,3)28-45(34)62/h7-12,15,18,25-26,29,31-33,43,65H,5-6,13-14,16-17,19-24,27-28,30H2,1-4H3,(H,56,57)(H,58,66,67)/t31-,32+,33?,43?/m0/s1. The summed E-state index contributed by atoms with van der Waals surface area (Å²) in [6.45, 7) is 10.1. The summed E-state index contributed by atoms with van der Waals surface area (Å²) in [6.07, 6.45) is 10.6. The van der Waals surface area contributed by atoms with Gasteiger partial charge in [-0.05, 0) is 136 Å². The minimum absolute atomic E-state index is 0.0830. The topological polar surface area (TPSA) is 195 Å². The fraction of sp³-hybridized carbons (Fsp3) is 0.444. The molecule has 8 heterocycles. The molecule has 3 fully saturated rings. The highest BCUT2D eigenvalue weighted by Gasteiger charge is 2.45. The Bertz CT molecular complexity index is 3090. The number of hydrogen-bond donors (Lipinski definition) is 3. The van der Waals surface area contributed by atoms with Crippen molar-refractivity contribution in [1.29, 1.82) is 0 Å². The molecule has 11 rings (SSSR count). The van der Waals surface area contributed by atoms with Gasteiger partial charge in [-0.1, -0.05) is 13.8 Å². The molecule has 3 N–H and O–H groups in total. The zero-order valence-electron chi connectivity index (χ0n) is 40.7. The van der Waals surface area contributed by atoms with Gasteiger partial charge in [0.25, 0.3) is 23.3 Å². The molecular weight excluding hydrogens is 901 g/mol. The quantitative estimate of drug-likeness (QED) is 0.147. The third-order valence-corrected chi connectivity index (χ3v) is 16.0. The second-order valence-corrected chi connectivity index (χ2v) is 21.2. The van der Waals surface area contributed by atoms with Crippen LogP contribution in [0.4, 0.5) is 28.7 Å². The van der Waals surface area contributed by atoms with Crippen molar-refractivity contribution < 1.29 is 29.1 Å². The summed E-state index contributed by atoms with van der Waals surface area (Å²) in [5.41, 5.74) is 7.80. The van der Waals surface area contributed by atoms with Gasteiger partial charge in [0.15, 0.2) is 5.82 Å². The van der Waals surface area contributed by atoms with Crippen LogP contribution in [-0.4, -0.2) is 96.9 Å². The van der Waals surface area contributed by atoms with Crippen LogP contribution in [0.5, 0.6) is 0 Å². The number of carbonyl (C=O) groups is 5. The van der Waals surface area contributed by atoms with Crippen molar-refractivity contribution in [3.63, 3.8) is 0 Å². The summed E-state index contributed by atoms with van der Waals surface area (Å²) < 4.78 is 3.62. The van der Waals surface area contributed by atoms with Crippen LogP contribution in [0.1, 0.15) is 114 Å². The van der Waals surface area contributed by atoms with Gasteiger partial charge in [0, 0.05) is 98.5 Å². The van der Waals surface area contributed by atoms with E-state index in [0.29, 0.717) is 76.1 Å². The minimum Gasteiger partial charge on any atom is -0.392 e. The van der Waals surface area contributed by atoms with Gasteiger partial charge in [0.1, 0.15) is 17.6 Å². The lowest BCUT2D eigenvalue weighted by atomic mass is 9.78. The summed E-state index contributed by atoms with van der Waals surface area (Å²) in [5.74, 6) is -0.480. The molecule has 0 spiro atoms. The van der Waals surface area contributed by atoms with Crippen LogP contribution < -0.4 is 30.9 Å². The lowest BCUT2D eigenvalue weighted by Crippen LogP contribution is -2.54. The predicted octanol–water partition coefficient (Wildman–Crippen LogP) is 5.98. The molecule has 1 aliphatic carbocycles. The number of aliphatic hydroxyl groups excluding tert-OH is 1. The van der Waals surface area contributed by atoms with Crippen LogP contribution in [0.2, 0.25) is 0 Å². The molecule has 5 aromatic rings. The Hall–Kier alpha value is -7.14. The van der Waals surface area contributed by atoms with Gasteiger partial charge in [0.2, 0.25) is 11.8 Å². The summed E-state index contributed by atoms with van der Waals surface area (Å²) in [7, 11) is 1.67. The number of fused-ring (bicyclic) bond motifs is 4. The Balaban J connectivity index is 0.725. The number of anilines is 5. The number of pyridine rings is 1. The van der Waals surface area contributed by atoms with E-state index >= 15 is 0 Å². The van der Waals surface area contributed by atoms with E-state index in [-0.39, 0.29) is 42.1 Å². The summed E-state index contributed by atoms with van der Waals surface area (Å²) in [4.78, 5) is 95.5. The van der Waals surface area contributed by atoms with Crippen LogP contribution in [0.15, 0.2) is 71.8 Å². The molecule has 71 heavy (non-hydrogen) atoms. The first-order valence-corrected chi connectivity index (χ1v) is 25.1. The molecule has 5 amide bonds. The van der Waals surface area contributed by atoms with E-state index in [1.165, 1.54) is 15.8 Å². The number of piperidine rings is 2. The summed E-state index contributed by atoms with van der Waals surface area (Å²) in [6, 6.07) is 16.6. The molecule has 5 aliphatic heterocycles. The zero-order chi connectivity index (χ0) is 49.5. The van der Waals surface area contributed by atoms with Crippen molar-refractivity contribution in [2.24, 2.45) is 24.3 Å². The molecule has 0 saturated carbocycles. The lowest BCUT2D eigenvalue weighted by Gasteiger charge is -2.42. The highest BCUT2D eigenvalue weighted by Crippen LogP contribution is 2.41. The molecule has 17 heteroatoms. The van der Waals surface area contributed by atoms with Crippen molar-refractivity contribution in [2.75, 3.05) is 46.2 Å². The SMILES string of the molecule is C[C@H]1CC([C@@H]2CCCN(c3ccc4c(c3)C(=O)N(C3CCC(=O)NC3=O)C4=O)CC2)CCN1c1ccc(Nc2nc(-c3ccnc(N4CCn5c(cc6c5CC(C)(C)C6)C4=O)c3CO)cn(C)c2=O)cc1. The Kier molecular flexibility index (Phi) is 11.7. The third kappa shape index (κ3) is 8.26. The van der Waals surface area contributed by atoms with E-state index in [0.717, 1.165) is 80.9 Å². The number of imide groups is 2. The molecule has 0 radical (unpaired) electrons. The van der Waals surface area contributed by atoms with Gasteiger partial charge in [-0.2, -0.15) is 0 Å². The first kappa shape index (κ1) is 46.3. The molecule has 2 unspecified atom stereocenters. The smallest absolute Gasteiger partial charge is 0.293 e. The molecule has 6 aliphatic rings. The van der Waals surface area contributed by atoms with E-state index in [9.17, 15) is 33.9 Å². The van der Waals surface area contributed by atoms with Crippen LogP contribution in [0, 0.1) is 17.3 Å². The van der Waals surface area contributed by atoms with Crippen LogP contribution in [0.3, 0.4) is 0 Å². The number of nitrogens with zero attached hydrogens (tertiary/aromatic N) is 8. The van der Waals surface area contributed by atoms with Gasteiger partial charge in [-0.15, -0.1) is 0 Å². The lowest BCUT2D eigenvalue weighted by molar-refractivity contribution is -0.136. The minimum atomic E-state index is -0.988. The zero-order valence-corrected chi connectivity index (χ0v) is 40.7. The van der Waals surface area contributed by atoms with Gasteiger partial charge in [-0.25, -0.2) is 9.97 Å². The molecular formula is C54H60N10O7. The van der Waals surface area contributed by atoms with Crippen LogP contribution >= 0.6 is 0 Å². The Morgan fingerprint density at radius 1 is 0.803 bits per heavy atom. The maximum Gasteiger partial charge on any atom is 0.293 e. The second-order valence-electron chi connectivity index (χ2n) is 21.2. The van der Waals surface area contributed by atoms with Crippen molar-refractivity contribution in [1.82, 2.24) is 29.3 Å². The van der Waals surface area contributed by atoms with E-state index in [2.05, 4.69) is 62.9 Å². The second kappa shape index (κ2) is 17.9. The van der Waals surface area contributed by atoms with E-state index in [1.807, 2.05) is 24.3 Å². The average molecular weight is 961 g/mol. The Morgan fingerprint density at radius 2 is 1.58 bits per heavy atom. The van der Waals surface area contributed by atoms with Gasteiger partial charge in [0.05, 0.1) is 23.4 Å². The van der Waals surface area contributed by atoms with Crippen LogP contribution in [0.25, 0.3) is 11.3 Å². The number of benzene rings is 2. The molecule has 368 valence electrons. The Labute approximate surface area is 411 Å². The van der Waals surface area contributed by atoms with Crippen molar-refractivity contribution in [3.05, 3.63) is 111 Å². The fourth-order valence-corrected chi connectivity index (χ4v) is 12.4. The van der Waals surface area contributed by atoms with E-state index in [1.54, 1.807) is 42.5 Å². The van der Waals surface area contributed by atoms with E-state index < -0.39 is 29.7 Å². The maximum atomic E-state index is 14.0. The number of aliphatic hydroxyl groups is 1. The predicted molar refractivity (Wildman–Crippen MR) is 268 cm³/mol. The van der Waals surface area contributed by atoms with Gasteiger partial charge in [-0.3, -0.25) is 43.9 Å². The number of aromatic nitrogens is 4. The largest absolute Gasteiger partial charge is 0.392 e. The van der Waals surface area contributed by atoms with E-state index in [4.69, 9.17) is 4.98 Å². The maximum absolute atomic E-state index is 14.0. The number of amides is 5. The number of aryl methyl sites for hydroxylation is 1. The number of nitrogens with one attached hydrogen (secondary N) is 2. The van der Waals surface area contributed by atoms with Gasteiger partial charge < -0.3 is 29.4 Å². The first-order chi connectivity index (χ1) is 34.2. The molecule has 4 atom stereocenters. The number of rotatable bonds is 9. The third-order valence-electron chi connectivity index (χ3n) is 16.0. The number of hydrogen-bond acceptors (Lipinski definition) is 12. The van der Waals surface area contributed by atoms with Crippen LogP contribution in [-0.2, 0) is 42.6 Å². The monoisotopic (exact) mass is 960 g/mol. The molecule has 3 aromatic heterocycles. The summed E-state index contributed by atoms with van der Waals surface area (Å²) >= 11 is 0. The van der Waals surface area contributed by atoms with Gasteiger partial charge >= 0.3 is 0 Å². The van der Waals surface area contributed by atoms with Crippen molar-refractivity contribution in [2.45, 2.75) is 104 Å². The number of carbonyl (C=O) groups excluding carboxylic acids is 5. The highest BCUT2D eigenvalue weighted by molar-refractivity contribution is 6.23. The molecule has 17 nitrogen and oxygen atoms in total. The van der Waals surface area contributed by atoms with Crippen molar-refractivity contribution in [3.8, 4) is 11.3 Å². The molecule has 2 aromatic carbocycles. The highest BCUT2D eigenvalue weighted by atomic mass is 16.3.